The Hall–Kier alpha value is -0.550. The standard InChI is InChI=1S/C11H10BrF3O/c12-8-4-1-3-7(10(8)13)11(14,15)9-5-2-6-16-9/h1,3-4,9H,2,5-6H2. The molecule has 2 rings (SSSR count). The maximum atomic E-state index is 13.9. The highest BCUT2D eigenvalue weighted by molar-refractivity contribution is 9.10. The van der Waals surface area contributed by atoms with Crippen molar-refractivity contribution >= 4 is 15.9 Å². The Labute approximate surface area is 99.7 Å². The van der Waals surface area contributed by atoms with Crippen LogP contribution in [0.3, 0.4) is 0 Å². The summed E-state index contributed by atoms with van der Waals surface area (Å²) in [6, 6.07) is 3.89. The average Bonchev–Trinajstić information content (AvgIpc) is 2.75. The first-order chi connectivity index (χ1) is 7.53. The fourth-order valence-electron chi connectivity index (χ4n) is 1.80. The third-order valence-electron chi connectivity index (χ3n) is 2.64. The molecule has 1 nitrogen and oxygen atoms in total. The van der Waals surface area contributed by atoms with Gasteiger partial charge in [0.15, 0.2) is 0 Å². The molecule has 16 heavy (non-hydrogen) atoms. The summed E-state index contributed by atoms with van der Waals surface area (Å²) >= 11 is 2.90. The highest BCUT2D eigenvalue weighted by Gasteiger charge is 2.45. The van der Waals surface area contributed by atoms with Crippen molar-refractivity contribution in [2.75, 3.05) is 6.61 Å². The minimum atomic E-state index is -3.27. The second-order valence-electron chi connectivity index (χ2n) is 3.73. The van der Waals surface area contributed by atoms with Crippen molar-refractivity contribution in [1.29, 1.82) is 0 Å². The summed E-state index contributed by atoms with van der Waals surface area (Å²) in [5, 5.41) is 0. The molecule has 1 aliphatic rings. The van der Waals surface area contributed by atoms with Crippen molar-refractivity contribution in [3.8, 4) is 0 Å². The monoisotopic (exact) mass is 294 g/mol. The Kier molecular flexibility index (Phi) is 3.26. The largest absolute Gasteiger partial charge is 0.372 e. The molecule has 0 saturated carbocycles. The van der Waals surface area contributed by atoms with E-state index in [9.17, 15) is 13.2 Å². The SMILES string of the molecule is Fc1c(Br)cccc1C(F)(F)C1CCCO1. The van der Waals surface area contributed by atoms with Crippen molar-refractivity contribution in [2.24, 2.45) is 0 Å². The van der Waals surface area contributed by atoms with Gasteiger partial charge in [0.1, 0.15) is 11.9 Å². The third kappa shape index (κ3) is 1.98. The van der Waals surface area contributed by atoms with Gasteiger partial charge in [-0.05, 0) is 40.9 Å². The molecule has 0 aliphatic carbocycles. The molecule has 1 aliphatic heterocycles. The number of ether oxygens (including phenoxy) is 1. The first-order valence-corrected chi connectivity index (χ1v) is 5.76. The molecule has 0 amide bonds. The van der Waals surface area contributed by atoms with Gasteiger partial charge in [-0.1, -0.05) is 6.07 Å². The number of hydrogen-bond donors (Lipinski definition) is 0. The molecule has 1 atom stereocenters. The van der Waals surface area contributed by atoms with Crippen molar-refractivity contribution in [1.82, 2.24) is 0 Å². The number of alkyl halides is 2. The Balaban J connectivity index is 2.38. The van der Waals surface area contributed by atoms with Gasteiger partial charge in [0.05, 0.1) is 10.0 Å². The fraction of sp³-hybridized carbons (Fsp3) is 0.455. The molecule has 1 aromatic carbocycles. The number of benzene rings is 1. The van der Waals surface area contributed by atoms with E-state index < -0.39 is 23.4 Å². The van der Waals surface area contributed by atoms with E-state index in [1.807, 2.05) is 0 Å². The van der Waals surface area contributed by atoms with E-state index >= 15 is 0 Å². The maximum absolute atomic E-state index is 13.9. The molecule has 0 spiro atoms. The van der Waals surface area contributed by atoms with E-state index in [0.717, 1.165) is 6.07 Å². The van der Waals surface area contributed by atoms with Gasteiger partial charge in [-0.2, -0.15) is 8.78 Å². The van der Waals surface area contributed by atoms with E-state index in [1.165, 1.54) is 12.1 Å². The lowest BCUT2D eigenvalue weighted by atomic mass is 10.0. The summed E-state index contributed by atoms with van der Waals surface area (Å²) in [6.45, 7) is 0.315. The molecule has 1 aromatic rings. The number of rotatable bonds is 2. The molecule has 0 N–H and O–H groups in total. The van der Waals surface area contributed by atoms with Crippen LogP contribution in [0.15, 0.2) is 22.7 Å². The normalized spacial score (nSPS) is 21.4. The predicted molar refractivity (Wildman–Crippen MR) is 57.0 cm³/mol. The van der Waals surface area contributed by atoms with Crippen LogP contribution in [0, 0.1) is 5.82 Å². The Morgan fingerprint density at radius 2 is 2.12 bits per heavy atom. The van der Waals surface area contributed by atoms with Gasteiger partial charge in [0.2, 0.25) is 0 Å². The highest BCUT2D eigenvalue weighted by Crippen LogP contribution is 2.40. The van der Waals surface area contributed by atoms with Crippen LogP contribution in [0.5, 0.6) is 0 Å². The Morgan fingerprint density at radius 3 is 2.75 bits per heavy atom. The van der Waals surface area contributed by atoms with E-state index in [-0.39, 0.29) is 10.9 Å². The Morgan fingerprint density at radius 1 is 1.38 bits per heavy atom. The van der Waals surface area contributed by atoms with E-state index in [2.05, 4.69) is 15.9 Å². The fourth-order valence-corrected chi connectivity index (χ4v) is 2.16. The van der Waals surface area contributed by atoms with Gasteiger partial charge < -0.3 is 4.74 Å². The minimum Gasteiger partial charge on any atom is -0.372 e. The van der Waals surface area contributed by atoms with Crippen molar-refractivity contribution < 1.29 is 17.9 Å². The second-order valence-corrected chi connectivity index (χ2v) is 4.58. The molecular weight excluding hydrogens is 285 g/mol. The van der Waals surface area contributed by atoms with Gasteiger partial charge in [-0.15, -0.1) is 0 Å². The lowest BCUT2D eigenvalue weighted by Crippen LogP contribution is -2.31. The summed E-state index contributed by atoms with van der Waals surface area (Å²) in [4.78, 5) is 0. The zero-order chi connectivity index (χ0) is 11.8. The highest BCUT2D eigenvalue weighted by atomic mass is 79.9. The van der Waals surface area contributed by atoms with Crippen LogP contribution in [0.4, 0.5) is 13.2 Å². The van der Waals surface area contributed by atoms with Crippen LogP contribution in [0.1, 0.15) is 18.4 Å². The molecule has 1 saturated heterocycles. The predicted octanol–water partition coefficient (Wildman–Crippen LogP) is 3.86. The summed E-state index contributed by atoms with van der Waals surface area (Å²) in [5.41, 5.74) is -0.603. The smallest absolute Gasteiger partial charge is 0.301 e. The zero-order valence-corrected chi connectivity index (χ0v) is 9.94. The molecule has 88 valence electrons. The van der Waals surface area contributed by atoms with Gasteiger partial charge >= 0.3 is 5.92 Å². The molecule has 1 heterocycles. The maximum Gasteiger partial charge on any atom is 0.301 e. The molecular formula is C11H10BrF3O. The summed E-state index contributed by atoms with van der Waals surface area (Å²) < 4.78 is 46.4. The van der Waals surface area contributed by atoms with Crippen molar-refractivity contribution in [2.45, 2.75) is 24.9 Å². The van der Waals surface area contributed by atoms with Gasteiger partial charge in [-0.3, -0.25) is 0 Å². The van der Waals surface area contributed by atoms with Crippen LogP contribution in [0.25, 0.3) is 0 Å². The molecule has 5 heteroatoms. The number of halogens is 4. The van der Waals surface area contributed by atoms with Crippen LogP contribution < -0.4 is 0 Å². The van der Waals surface area contributed by atoms with Crippen LogP contribution in [-0.2, 0) is 10.7 Å². The van der Waals surface area contributed by atoms with Crippen LogP contribution in [0.2, 0.25) is 0 Å². The van der Waals surface area contributed by atoms with Crippen LogP contribution in [-0.4, -0.2) is 12.7 Å². The minimum absolute atomic E-state index is 0.0441. The third-order valence-corrected chi connectivity index (χ3v) is 3.26. The van der Waals surface area contributed by atoms with E-state index in [4.69, 9.17) is 4.74 Å². The summed E-state index contributed by atoms with van der Waals surface area (Å²) in [5.74, 6) is -4.19. The first-order valence-electron chi connectivity index (χ1n) is 4.97. The molecule has 0 radical (unpaired) electrons. The van der Waals surface area contributed by atoms with Crippen LogP contribution >= 0.6 is 15.9 Å². The Bertz CT molecular complexity index is 389. The van der Waals surface area contributed by atoms with Crippen molar-refractivity contribution in [3.63, 3.8) is 0 Å². The average molecular weight is 295 g/mol. The molecule has 0 aromatic heterocycles. The van der Waals surface area contributed by atoms with Crippen molar-refractivity contribution in [3.05, 3.63) is 34.1 Å². The van der Waals surface area contributed by atoms with E-state index in [0.29, 0.717) is 13.0 Å². The van der Waals surface area contributed by atoms with E-state index in [1.54, 1.807) is 0 Å². The lowest BCUT2D eigenvalue weighted by molar-refractivity contribution is -0.124. The quantitative estimate of drug-likeness (QED) is 0.805. The molecule has 1 fully saturated rings. The lowest BCUT2D eigenvalue weighted by Gasteiger charge is -2.23. The van der Waals surface area contributed by atoms with Gasteiger partial charge in [0, 0.05) is 6.61 Å². The second kappa shape index (κ2) is 4.37. The van der Waals surface area contributed by atoms with Gasteiger partial charge in [0.25, 0.3) is 0 Å². The summed E-state index contributed by atoms with van der Waals surface area (Å²) in [6.07, 6.45) is -0.356. The molecule has 1 unspecified atom stereocenters. The summed E-state index contributed by atoms with van der Waals surface area (Å²) in [7, 11) is 0. The van der Waals surface area contributed by atoms with Gasteiger partial charge in [-0.25, -0.2) is 4.39 Å². The topological polar surface area (TPSA) is 9.23 Å². The number of hydrogen-bond acceptors (Lipinski definition) is 1. The zero-order valence-electron chi connectivity index (χ0n) is 8.35. The first kappa shape index (κ1) is 11.9. The molecule has 0 bridgehead atoms.